The summed E-state index contributed by atoms with van der Waals surface area (Å²) in [5, 5.41) is 5.80. The van der Waals surface area contributed by atoms with Crippen molar-refractivity contribution in [1.29, 1.82) is 0 Å². The number of carbonyl (C=O) groups is 6. The molecule has 1 fully saturated rings. The van der Waals surface area contributed by atoms with Gasteiger partial charge in [-0.05, 0) is 39.9 Å². The Balaban J connectivity index is 1.26. The van der Waals surface area contributed by atoms with E-state index in [0.717, 1.165) is 55.5 Å². The van der Waals surface area contributed by atoms with Gasteiger partial charge in [-0.3, -0.25) is 24.0 Å². The monoisotopic (exact) mass is 824 g/mol. The van der Waals surface area contributed by atoms with Crippen molar-refractivity contribution in [3.8, 4) is 16.9 Å². The maximum atomic E-state index is 13.2. The summed E-state index contributed by atoms with van der Waals surface area (Å²) in [6, 6.07) is 20.8. The van der Waals surface area contributed by atoms with Crippen molar-refractivity contribution >= 4 is 57.5 Å². The number of carbonyl (C=O) groups excluding carboxylic acids is 6. The Morgan fingerprint density at radius 3 is 1.91 bits per heavy atom. The number of rotatable bonds is 14. The van der Waals surface area contributed by atoms with Gasteiger partial charge >= 0.3 is 30.0 Å². The van der Waals surface area contributed by atoms with Gasteiger partial charge in [-0.2, -0.15) is 0 Å². The van der Waals surface area contributed by atoms with Crippen molar-refractivity contribution in [3.05, 3.63) is 83.4 Å². The van der Waals surface area contributed by atoms with E-state index in [-0.39, 0.29) is 36.9 Å². The lowest BCUT2D eigenvalue weighted by Gasteiger charge is -2.44. The van der Waals surface area contributed by atoms with Crippen LogP contribution in [0, 0.1) is 0 Å². The van der Waals surface area contributed by atoms with E-state index in [9.17, 15) is 28.8 Å². The highest BCUT2D eigenvalue weighted by Crippen LogP contribution is 2.44. The van der Waals surface area contributed by atoms with E-state index in [4.69, 9.17) is 33.2 Å². The molecule has 0 aromatic heterocycles. The van der Waals surface area contributed by atoms with Gasteiger partial charge in [0.1, 0.15) is 25.1 Å². The normalized spacial score (nSPS) is 19.8. The highest BCUT2D eigenvalue weighted by molar-refractivity contribution is 9.08. The minimum Gasteiger partial charge on any atom is -0.463 e. The number of halogens is 1. The smallest absolute Gasteiger partial charge is 0.407 e. The summed E-state index contributed by atoms with van der Waals surface area (Å²) < 4.78 is 39.3. The molecule has 5 rings (SSSR count). The maximum Gasteiger partial charge on any atom is 0.407 e. The number of alkyl carbamates (subject to hydrolysis) is 1. The predicted octanol–water partition coefficient (Wildman–Crippen LogP) is 4.91. The minimum atomic E-state index is -1.53. The number of nitrogens with one attached hydrogen (secondary N) is 2. The number of hydrogen-bond donors (Lipinski definition) is 2. The molecule has 292 valence electrons. The topological polar surface area (TPSA) is 191 Å². The zero-order valence-electron chi connectivity index (χ0n) is 30.5. The van der Waals surface area contributed by atoms with E-state index >= 15 is 0 Å². The van der Waals surface area contributed by atoms with Crippen molar-refractivity contribution < 1.29 is 61.9 Å². The van der Waals surface area contributed by atoms with Crippen LogP contribution >= 0.6 is 15.9 Å². The van der Waals surface area contributed by atoms with Crippen LogP contribution in [0.3, 0.4) is 0 Å². The van der Waals surface area contributed by atoms with E-state index in [0.29, 0.717) is 5.33 Å². The molecule has 1 heterocycles. The highest BCUT2D eigenvalue weighted by atomic mass is 79.9. The first-order chi connectivity index (χ1) is 26.3. The molecule has 15 nitrogen and oxygen atoms in total. The van der Waals surface area contributed by atoms with Crippen LogP contribution in [0.1, 0.15) is 56.7 Å². The van der Waals surface area contributed by atoms with Crippen LogP contribution in [-0.2, 0) is 57.7 Å². The molecule has 16 heteroatoms. The van der Waals surface area contributed by atoms with E-state index in [2.05, 4.69) is 26.6 Å². The van der Waals surface area contributed by atoms with Crippen LogP contribution in [0.4, 0.5) is 10.5 Å². The Bertz CT molecular complexity index is 1870. The average Bonchev–Trinajstić information content (AvgIpc) is 3.45. The summed E-state index contributed by atoms with van der Waals surface area (Å²) >= 11 is 3.40. The molecule has 55 heavy (non-hydrogen) atoms. The second-order valence-corrected chi connectivity index (χ2v) is 13.3. The van der Waals surface area contributed by atoms with Crippen LogP contribution in [0.15, 0.2) is 66.7 Å². The lowest BCUT2D eigenvalue weighted by atomic mass is 9.98. The number of alkyl halides is 1. The first-order valence-electron chi connectivity index (χ1n) is 17.4. The third kappa shape index (κ3) is 10.6. The zero-order chi connectivity index (χ0) is 39.6. The molecular weight excluding hydrogens is 784 g/mol. The third-order valence-corrected chi connectivity index (χ3v) is 9.28. The second-order valence-electron chi connectivity index (χ2n) is 12.7. The Labute approximate surface area is 325 Å². The number of hydrogen-bond acceptors (Lipinski definition) is 13. The number of fused-ring (bicyclic) bond motifs is 3. The number of benzene rings is 3. The largest absolute Gasteiger partial charge is 0.463 e. The number of amides is 2. The quantitative estimate of drug-likeness (QED) is 0.127. The third-order valence-electron chi connectivity index (χ3n) is 8.63. The predicted molar refractivity (Wildman–Crippen MR) is 198 cm³/mol. The molecule has 0 spiro atoms. The molecule has 3 aromatic carbocycles. The van der Waals surface area contributed by atoms with Gasteiger partial charge in [0, 0.05) is 51.9 Å². The summed E-state index contributed by atoms with van der Waals surface area (Å²) in [5.41, 5.74) is 5.29. The van der Waals surface area contributed by atoms with Crippen LogP contribution in [0.25, 0.3) is 11.1 Å². The van der Waals surface area contributed by atoms with E-state index in [1.807, 2.05) is 48.5 Å². The van der Waals surface area contributed by atoms with Gasteiger partial charge in [0.2, 0.25) is 18.3 Å². The summed E-state index contributed by atoms with van der Waals surface area (Å²) in [6.07, 6.45) is -7.89. The average molecular weight is 826 g/mol. The molecule has 5 atom stereocenters. The molecule has 2 aliphatic rings. The maximum absolute atomic E-state index is 13.2. The summed E-state index contributed by atoms with van der Waals surface area (Å²) in [5.74, 6) is -3.59. The van der Waals surface area contributed by atoms with Gasteiger partial charge in [0.15, 0.2) is 12.2 Å². The Kier molecular flexibility index (Phi) is 13.8. The number of anilines is 1. The van der Waals surface area contributed by atoms with Crippen molar-refractivity contribution in [3.63, 3.8) is 0 Å². The lowest BCUT2D eigenvalue weighted by molar-refractivity contribution is -0.288. The SMILES string of the molecule is CC(=O)OC[C@H]1O[C@H](Oc2ccc(CBr)cc2NC(=O)CCNC(=O)OCC2c3ccccc3-c3ccccc32)[C@@H](OC(C)=O)[C@@H](OC(C)=O)[C@@H]1OC(C)=O. The number of ether oxygens (including phenoxy) is 7. The van der Waals surface area contributed by atoms with E-state index in [1.165, 1.54) is 6.07 Å². The summed E-state index contributed by atoms with van der Waals surface area (Å²) in [7, 11) is 0. The van der Waals surface area contributed by atoms with Crippen LogP contribution in [-0.4, -0.2) is 86.3 Å². The van der Waals surface area contributed by atoms with Gasteiger partial charge in [0.05, 0.1) is 5.69 Å². The van der Waals surface area contributed by atoms with E-state index < -0.39 is 73.2 Å². The molecule has 3 aromatic rings. The molecule has 2 N–H and O–H groups in total. The van der Waals surface area contributed by atoms with Gasteiger partial charge in [-0.25, -0.2) is 4.79 Å². The van der Waals surface area contributed by atoms with Crippen LogP contribution in [0.2, 0.25) is 0 Å². The van der Waals surface area contributed by atoms with Crippen molar-refractivity contribution in [1.82, 2.24) is 5.32 Å². The number of esters is 4. The minimum absolute atomic E-state index is 0.0451. The van der Waals surface area contributed by atoms with Crippen molar-refractivity contribution in [2.45, 2.75) is 76.1 Å². The standard InChI is InChI=1S/C39H41BrN2O13/c1-21(43)49-20-33-35(51-22(2)44)36(52-23(3)45)37(53-24(4)46)38(55-33)54-32-14-13-25(18-40)17-31(32)42-34(47)15-16-41-39(48)50-19-30-28-11-7-5-9-26(28)27-10-6-8-12-29(27)30/h5-14,17,30,33,35-38H,15-16,18-20H2,1-4H3,(H,41,48)(H,42,47)/t33-,35-,36+,37+,38+/m1/s1. The van der Waals surface area contributed by atoms with Crippen LogP contribution in [0.5, 0.6) is 5.75 Å². The zero-order valence-corrected chi connectivity index (χ0v) is 32.1. The first kappa shape index (κ1) is 40.7. The molecule has 0 unspecified atom stereocenters. The molecule has 1 saturated heterocycles. The Morgan fingerprint density at radius 1 is 0.709 bits per heavy atom. The van der Waals surface area contributed by atoms with Crippen molar-refractivity contribution in [2.24, 2.45) is 0 Å². The Morgan fingerprint density at radius 2 is 1.31 bits per heavy atom. The van der Waals surface area contributed by atoms with Crippen molar-refractivity contribution in [2.75, 3.05) is 25.1 Å². The fourth-order valence-electron chi connectivity index (χ4n) is 6.41. The van der Waals surface area contributed by atoms with Gasteiger partial charge < -0.3 is 43.8 Å². The van der Waals surface area contributed by atoms with Gasteiger partial charge in [0.25, 0.3) is 0 Å². The summed E-state index contributed by atoms with van der Waals surface area (Å²) in [6.45, 7) is 4.13. The first-order valence-corrected chi connectivity index (χ1v) is 18.5. The Hall–Kier alpha value is -5.48. The molecule has 1 aliphatic carbocycles. The molecule has 2 amide bonds. The molecule has 0 bridgehead atoms. The van der Waals surface area contributed by atoms with E-state index in [1.54, 1.807) is 12.1 Å². The molecular formula is C39H41BrN2O13. The molecule has 1 aliphatic heterocycles. The fraction of sp³-hybridized carbons (Fsp3) is 0.385. The molecule has 0 saturated carbocycles. The highest BCUT2D eigenvalue weighted by Gasteiger charge is 2.53. The summed E-state index contributed by atoms with van der Waals surface area (Å²) in [4.78, 5) is 74.1. The fourth-order valence-corrected chi connectivity index (χ4v) is 6.76. The van der Waals surface area contributed by atoms with Gasteiger partial charge in [-0.1, -0.05) is 70.5 Å². The van der Waals surface area contributed by atoms with Gasteiger partial charge in [-0.15, -0.1) is 0 Å². The van der Waals surface area contributed by atoms with Crippen LogP contribution < -0.4 is 15.4 Å². The second kappa shape index (κ2) is 18.7. The molecule has 0 radical (unpaired) electrons. The lowest BCUT2D eigenvalue weighted by Crippen LogP contribution is -2.63.